The predicted molar refractivity (Wildman–Crippen MR) is 295 cm³/mol. The minimum absolute atomic E-state index is 0.0990. The number of aliphatic hydroxyl groups excluding tert-OH is 1. The Kier molecular flexibility index (Phi) is 19.2. The standard InChI is InChI=1S/C57H88O8SSi3/c1-53(2,3)67(13,14)64-49(36-38-62-69(55(7,8)9,46-28-22-18-23-29-46)47-30-24-19-25-31-47)52(61-42-43-32-34-44(60-12)35-33-43)57(11)41-50(65-68(15,16)54(4,5)6)51(63-57)48(58)40-56(10,59)37-39-66-45-26-20-17-21-27-45/h17-35,48-52,58-59H,36-42H2,1-16H3/t48-,49+,50+,51-,52-,56+,57-/m1/s1. The smallest absolute Gasteiger partial charge is 0.261 e. The van der Waals surface area contributed by atoms with Gasteiger partial charge in [-0.1, -0.05) is 153 Å². The minimum Gasteiger partial charge on any atom is -0.497 e. The van der Waals surface area contributed by atoms with E-state index in [0.717, 1.165) is 16.2 Å². The molecule has 69 heavy (non-hydrogen) atoms. The van der Waals surface area contributed by atoms with E-state index in [1.807, 2.05) is 49.4 Å². The number of aliphatic hydroxyl groups is 2. The van der Waals surface area contributed by atoms with E-state index in [1.54, 1.807) is 18.9 Å². The van der Waals surface area contributed by atoms with Crippen LogP contribution < -0.4 is 15.1 Å². The second-order valence-electron chi connectivity index (χ2n) is 24.0. The monoisotopic (exact) mass is 1020 g/mol. The second-order valence-corrected chi connectivity index (χ2v) is 39.0. The molecule has 8 nitrogen and oxygen atoms in total. The fraction of sp³-hybridized carbons (Fsp3) is 0.579. The Labute approximate surface area is 425 Å². The molecule has 0 radical (unpaired) electrons. The molecule has 0 aromatic heterocycles. The number of thioether (sulfide) groups is 1. The Hall–Kier alpha value is -2.60. The van der Waals surface area contributed by atoms with Crippen LogP contribution in [0.25, 0.3) is 0 Å². The van der Waals surface area contributed by atoms with Gasteiger partial charge in [0.15, 0.2) is 16.6 Å². The van der Waals surface area contributed by atoms with Gasteiger partial charge in [0.05, 0.1) is 43.2 Å². The summed E-state index contributed by atoms with van der Waals surface area (Å²) < 4.78 is 42.8. The molecule has 1 heterocycles. The number of rotatable bonds is 23. The van der Waals surface area contributed by atoms with Crippen molar-refractivity contribution in [3.8, 4) is 5.75 Å². The molecule has 0 aliphatic carbocycles. The normalized spacial score (nSPS) is 20.8. The van der Waals surface area contributed by atoms with Crippen molar-refractivity contribution in [3.63, 3.8) is 0 Å². The van der Waals surface area contributed by atoms with Gasteiger partial charge in [-0.3, -0.25) is 0 Å². The summed E-state index contributed by atoms with van der Waals surface area (Å²) in [4.78, 5) is 1.15. The third kappa shape index (κ3) is 14.6. The number of hydrogen-bond acceptors (Lipinski definition) is 9. The lowest BCUT2D eigenvalue weighted by atomic mass is 9.88. The van der Waals surface area contributed by atoms with Crippen LogP contribution in [0.5, 0.6) is 5.75 Å². The molecule has 1 aliphatic rings. The highest BCUT2D eigenvalue weighted by Gasteiger charge is 2.57. The largest absolute Gasteiger partial charge is 0.497 e. The first-order valence-corrected chi connectivity index (χ1v) is 33.9. The third-order valence-electron chi connectivity index (χ3n) is 15.2. The fourth-order valence-corrected chi connectivity index (χ4v) is 17.6. The molecule has 12 heteroatoms. The van der Waals surface area contributed by atoms with Crippen LogP contribution in [0, 0.1) is 0 Å². The highest BCUT2D eigenvalue weighted by atomic mass is 32.2. The quantitative estimate of drug-likeness (QED) is 0.0556. The minimum atomic E-state index is -2.91. The van der Waals surface area contributed by atoms with Crippen molar-refractivity contribution in [1.82, 2.24) is 0 Å². The van der Waals surface area contributed by atoms with Crippen molar-refractivity contribution in [3.05, 3.63) is 121 Å². The molecule has 0 spiro atoms. The summed E-state index contributed by atoms with van der Waals surface area (Å²) in [6, 6.07) is 39.8. The Morgan fingerprint density at radius 1 is 0.725 bits per heavy atom. The maximum absolute atomic E-state index is 12.4. The van der Waals surface area contributed by atoms with E-state index in [4.69, 9.17) is 27.5 Å². The lowest BCUT2D eigenvalue weighted by molar-refractivity contribution is -0.188. The zero-order valence-electron chi connectivity index (χ0n) is 45.1. The molecule has 0 unspecified atom stereocenters. The molecular weight excluding hydrogens is 929 g/mol. The van der Waals surface area contributed by atoms with Crippen LogP contribution in [0.4, 0.5) is 0 Å². The van der Waals surface area contributed by atoms with Gasteiger partial charge >= 0.3 is 0 Å². The predicted octanol–water partition coefficient (Wildman–Crippen LogP) is 12.6. The summed E-state index contributed by atoms with van der Waals surface area (Å²) in [6.07, 6.45) is -1.64. The first-order valence-electron chi connectivity index (χ1n) is 25.2. The molecule has 0 bridgehead atoms. The first kappa shape index (κ1) is 57.3. The lowest BCUT2D eigenvalue weighted by Crippen LogP contribution is -2.66. The van der Waals surface area contributed by atoms with E-state index < -0.39 is 66.7 Å². The molecule has 7 atom stereocenters. The third-order valence-corrected chi connectivity index (χ3v) is 30.3. The summed E-state index contributed by atoms with van der Waals surface area (Å²) in [5.41, 5.74) is -1.14. The highest BCUT2D eigenvalue weighted by Crippen LogP contribution is 2.47. The van der Waals surface area contributed by atoms with Gasteiger partial charge in [-0.15, -0.1) is 11.8 Å². The molecule has 5 rings (SSSR count). The van der Waals surface area contributed by atoms with Crippen molar-refractivity contribution in [2.75, 3.05) is 19.5 Å². The first-order chi connectivity index (χ1) is 32.0. The topological polar surface area (TPSA) is 95.8 Å². The zero-order valence-corrected chi connectivity index (χ0v) is 48.9. The maximum atomic E-state index is 12.4. The summed E-state index contributed by atoms with van der Waals surface area (Å²) in [7, 11) is -6.14. The Morgan fingerprint density at radius 3 is 1.74 bits per heavy atom. The fourth-order valence-electron chi connectivity index (χ4n) is 9.20. The maximum Gasteiger partial charge on any atom is 0.261 e. The molecule has 4 aromatic rings. The molecule has 2 N–H and O–H groups in total. The van der Waals surface area contributed by atoms with Crippen LogP contribution in [0.15, 0.2) is 120 Å². The van der Waals surface area contributed by atoms with Crippen LogP contribution in [-0.2, 0) is 29.4 Å². The van der Waals surface area contributed by atoms with Crippen LogP contribution >= 0.6 is 11.8 Å². The van der Waals surface area contributed by atoms with Gasteiger partial charge in [-0.25, -0.2) is 0 Å². The van der Waals surface area contributed by atoms with Gasteiger partial charge in [0.2, 0.25) is 0 Å². The number of methoxy groups -OCH3 is 1. The molecule has 0 amide bonds. The van der Waals surface area contributed by atoms with Gasteiger partial charge in [-0.05, 0) is 108 Å². The van der Waals surface area contributed by atoms with Gasteiger partial charge in [0.25, 0.3) is 8.32 Å². The number of hydrogen-bond donors (Lipinski definition) is 2. The van der Waals surface area contributed by atoms with Crippen molar-refractivity contribution >= 4 is 47.1 Å². The van der Waals surface area contributed by atoms with Crippen molar-refractivity contribution in [1.29, 1.82) is 0 Å². The van der Waals surface area contributed by atoms with Crippen molar-refractivity contribution < 1.29 is 37.7 Å². The highest BCUT2D eigenvalue weighted by molar-refractivity contribution is 7.99. The van der Waals surface area contributed by atoms with Gasteiger partial charge in [0.1, 0.15) is 18.0 Å². The summed E-state index contributed by atoms with van der Waals surface area (Å²) >= 11 is 1.71. The van der Waals surface area contributed by atoms with Crippen LogP contribution in [0.1, 0.15) is 107 Å². The summed E-state index contributed by atoms with van der Waals surface area (Å²) in [5.74, 6) is 1.48. The average Bonchev–Trinajstić information content (AvgIpc) is 3.60. The second kappa shape index (κ2) is 23.1. The van der Waals surface area contributed by atoms with Gasteiger partial charge < -0.3 is 37.7 Å². The summed E-state index contributed by atoms with van der Waals surface area (Å²) in [5, 5.41) is 26.4. The number of ether oxygens (including phenoxy) is 3. The average molecular weight is 1020 g/mol. The molecule has 1 saturated heterocycles. The molecule has 1 fully saturated rings. The van der Waals surface area contributed by atoms with E-state index in [1.165, 1.54) is 10.4 Å². The molecular formula is C57H88O8SSi3. The molecule has 382 valence electrons. The van der Waals surface area contributed by atoms with E-state index in [2.05, 4.69) is 168 Å². The van der Waals surface area contributed by atoms with Gasteiger partial charge in [-0.2, -0.15) is 0 Å². The van der Waals surface area contributed by atoms with Crippen molar-refractivity contribution in [2.45, 2.75) is 196 Å². The Bertz CT molecular complexity index is 2110. The summed E-state index contributed by atoms with van der Waals surface area (Å²) in [6.45, 7) is 34.3. The van der Waals surface area contributed by atoms with Crippen LogP contribution in [0.3, 0.4) is 0 Å². The number of benzene rings is 4. The SMILES string of the molecule is COc1ccc(CO[C@H]([C@H](CCO[Si](c2ccccc2)(c2ccccc2)C(C)(C)C)O[Si](C)(C)C(C)(C)C)[C@@]2(C)C[C@H](O[Si](C)(C)C(C)(C)C)[C@@H]([C@H](O)C[C@@](C)(O)CCSc3ccccc3)O2)cc1. The lowest BCUT2D eigenvalue weighted by Gasteiger charge is -2.46. The van der Waals surface area contributed by atoms with E-state index >= 15 is 0 Å². The molecule has 4 aromatic carbocycles. The van der Waals surface area contributed by atoms with Crippen molar-refractivity contribution in [2.24, 2.45) is 0 Å². The van der Waals surface area contributed by atoms with Gasteiger partial charge in [0, 0.05) is 30.1 Å². The molecule has 0 saturated carbocycles. The molecule has 1 aliphatic heterocycles. The van der Waals surface area contributed by atoms with E-state index in [0.29, 0.717) is 38.2 Å². The zero-order chi connectivity index (χ0) is 51.1. The Balaban J connectivity index is 1.58. The van der Waals surface area contributed by atoms with E-state index in [-0.39, 0.29) is 21.5 Å². The van der Waals surface area contributed by atoms with Crippen LogP contribution in [-0.4, -0.2) is 96.4 Å². The van der Waals surface area contributed by atoms with Crippen LogP contribution in [0.2, 0.25) is 41.3 Å². The van der Waals surface area contributed by atoms with E-state index in [9.17, 15) is 10.2 Å². The Morgan fingerprint density at radius 2 is 1.25 bits per heavy atom.